The summed E-state index contributed by atoms with van der Waals surface area (Å²) in [4.78, 5) is 2.51. The van der Waals surface area contributed by atoms with E-state index in [1.165, 1.54) is 31.4 Å². The molecule has 1 aliphatic carbocycles. The highest BCUT2D eigenvalue weighted by atomic mass is 16.5. The van der Waals surface area contributed by atoms with Crippen LogP contribution in [0.1, 0.15) is 44.2 Å². The van der Waals surface area contributed by atoms with Gasteiger partial charge in [-0.05, 0) is 31.9 Å². The third-order valence-electron chi connectivity index (χ3n) is 4.76. The predicted molar refractivity (Wildman–Crippen MR) is 84.9 cm³/mol. The molecule has 2 N–H and O–H groups in total. The quantitative estimate of drug-likeness (QED) is 0.930. The van der Waals surface area contributed by atoms with Crippen LogP contribution >= 0.6 is 0 Å². The first-order valence-electron chi connectivity index (χ1n) is 8.03. The molecule has 1 saturated carbocycles. The van der Waals surface area contributed by atoms with E-state index < -0.39 is 0 Å². The zero-order valence-corrected chi connectivity index (χ0v) is 13.0. The Bertz CT molecular complexity index is 488. The van der Waals surface area contributed by atoms with Crippen molar-refractivity contribution < 1.29 is 9.47 Å². The minimum atomic E-state index is -0.0407. The van der Waals surface area contributed by atoms with Gasteiger partial charge in [0.2, 0.25) is 0 Å². The second-order valence-electron chi connectivity index (χ2n) is 6.14. The molecule has 2 fully saturated rings. The normalized spacial score (nSPS) is 27.1. The summed E-state index contributed by atoms with van der Waals surface area (Å²) in [5.41, 5.74) is 8.57. The lowest BCUT2D eigenvalue weighted by atomic mass is 9.89. The summed E-state index contributed by atoms with van der Waals surface area (Å²) in [6.45, 7) is 3.77. The van der Waals surface area contributed by atoms with Crippen molar-refractivity contribution >= 4 is 5.69 Å². The molecule has 3 unspecified atom stereocenters. The molecule has 1 aromatic rings. The van der Waals surface area contributed by atoms with Gasteiger partial charge >= 0.3 is 0 Å². The van der Waals surface area contributed by atoms with E-state index in [4.69, 9.17) is 15.2 Å². The summed E-state index contributed by atoms with van der Waals surface area (Å²) in [7, 11) is 1.72. The number of anilines is 1. The Balaban J connectivity index is 1.98. The van der Waals surface area contributed by atoms with Crippen LogP contribution in [0, 0.1) is 0 Å². The number of hydrogen-bond acceptors (Lipinski definition) is 4. The molecule has 0 bridgehead atoms. The molecule has 0 radical (unpaired) electrons. The van der Waals surface area contributed by atoms with E-state index in [2.05, 4.69) is 17.0 Å². The van der Waals surface area contributed by atoms with E-state index in [0.717, 1.165) is 24.5 Å². The summed E-state index contributed by atoms with van der Waals surface area (Å²) in [6, 6.07) is 6.69. The molecule has 0 amide bonds. The minimum Gasteiger partial charge on any atom is -0.496 e. The highest BCUT2D eigenvalue weighted by molar-refractivity contribution is 5.61. The monoisotopic (exact) mass is 290 g/mol. The van der Waals surface area contributed by atoms with Crippen molar-refractivity contribution in [3.8, 4) is 5.75 Å². The molecule has 4 heteroatoms. The molecule has 2 aliphatic rings. The van der Waals surface area contributed by atoms with Gasteiger partial charge in [0.15, 0.2) is 0 Å². The number of hydrogen-bond donors (Lipinski definition) is 1. The van der Waals surface area contributed by atoms with E-state index in [1.54, 1.807) is 7.11 Å². The molecule has 0 aromatic heterocycles. The maximum Gasteiger partial charge on any atom is 0.125 e. The smallest absolute Gasteiger partial charge is 0.125 e. The predicted octanol–water partition coefficient (Wildman–Crippen LogP) is 2.86. The van der Waals surface area contributed by atoms with E-state index in [1.807, 2.05) is 13.0 Å². The van der Waals surface area contributed by atoms with Crippen LogP contribution in [-0.2, 0) is 4.74 Å². The Kier molecular flexibility index (Phi) is 4.36. The number of nitrogens with zero attached hydrogens (tertiary/aromatic N) is 1. The van der Waals surface area contributed by atoms with Crippen molar-refractivity contribution in [3.63, 3.8) is 0 Å². The molecule has 1 saturated heterocycles. The number of fused-ring (bicyclic) bond motifs is 1. The molecule has 1 aliphatic heterocycles. The van der Waals surface area contributed by atoms with Crippen LogP contribution < -0.4 is 15.4 Å². The van der Waals surface area contributed by atoms with Gasteiger partial charge < -0.3 is 20.1 Å². The molecule has 4 nitrogen and oxygen atoms in total. The SMILES string of the molecule is COc1cccc(N2CCOC3CCCCC32)c1C(C)N. The molecule has 0 spiro atoms. The highest BCUT2D eigenvalue weighted by Crippen LogP contribution is 2.38. The largest absolute Gasteiger partial charge is 0.496 e. The zero-order chi connectivity index (χ0) is 14.8. The Morgan fingerprint density at radius 1 is 1.33 bits per heavy atom. The zero-order valence-electron chi connectivity index (χ0n) is 13.0. The molecule has 3 rings (SSSR count). The molecular formula is C17H26N2O2. The topological polar surface area (TPSA) is 47.7 Å². The average Bonchev–Trinajstić information content (AvgIpc) is 2.53. The Morgan fingerprint density at radius 2 is 2.14 bits per heavy atom. The Hall–Kier alpha value is -1.26. The van der Waals surface area contributed by atoms with Crippen LogP contribution in [0.4, 0.5) is 5.69 Å². The van der Waals surface area contributed by atoms with Gasteiger partial charge in [-0.15, -0.1) is 0 Å². The second kappa shape index (κ2) is 6.24. The van der Waals surface area contributed by atoms with E-state index in [9.17, 15) is 0 Å². The molecule has 1 aromatic carbocycles. The van der Waals surface area contributed by atoms with Crippen LogP contribution in [0.25, 0.3) is 0 Å². The number of morpholine rings is 1. The van der Waals surface area contributed by atoms with Crippen LogP contribution in [-0.4, -0.2) is 32.4 Å². The van der Waals surface area contributed by atoms with Crippen LogP contribution in [0.3, 0.4) is 0 Å². The molecule has 1 heterocycles. The maximum absolute atomic E-state index is 6.23. The number of ether oxygens (including phenoxy) is 2. The molecular weight excluding hydrogens is 264 g/mol. The third-order valence-corrected chi connectivity index (χ3v) is 4.76. The first kappa shape index (κ1) is 14.7. The van der Waals surface area contributed by atoms with E-state index in [0.29, 0.717) is 12.1 Å². The number of rotatable bonds is 3. The minimum absolute atomic E-state index is 0.0407. The van der Waals surface area contributed by atoms with Gasteiger partial charge in [0.1, 0.15) is 5.75 Å². The summed E-state index contributed by atoms with van der Waals surface area (Å²) < 4.78 is 11.5. The number of nitrogens with two attached hydrogens (primary N) is 1. The fourth-order valence-electron chi connectivity index (χ4n) is 3.81. The maximum atomic E-state index is 6.23. The standard InChI is InChI=1S/C17H26N2O2/c1-12(18)17-14(7-5-9-16(17)20-2)19-10-11-21-15-8-4-3-6-13(15)19/h5,7,9,12-13,15H,3-4,6,8,10-11,18H2,1-2H3. The van der Waals surface area contributed by atoms with Gasteiger partial charge in [0, 0.05) is 23.8 Å². The van der Waals surface area contributed by atoms with Gasteiger partial charge in [0.05, 0.1) is 25.9 Å². The first-order chi connectivity index (χ1) is 10.2. The fraction of sp³-hybridized carbons (Fsp3) is 0.647. The van der Waals surface area contributed by atoms with E-state index >= 15 is 0 Å². The molecule has 21 heavy (non-hydrogen) atoms. The molecule has 3 atom stereocenters. The lowest BCUT2D eigenvalue weighted by Gasteiger charge is -2.46. The summed E-state index contributed by atoms with van der Waals surface area (Å²) in [5.74, 6) is 0.890. The van der Waals surface area contributed by atoms with Crippen molar-refractivity contribution in [3.05, 3.63) is 23.8 Å². The van der Waals surface area contributed by atoms with Crippen molar-refractivity contribution in [2.45, 2.75) is 50.8 Å². The van der Waals surface area contributed by atoms with Crippen LogP contribution in [0.5, 0.6) is 5.75 Å². The number of methoxy groups -OCH3 is 1. The van der Waals surface area contributed by atoms with Crippen molar-refractivity contribution in [1.29, 1.82) is 0 Å². The highest BCUT2D eigenvalue weighted by Gasteiger charge is 2.35. The van der Waals surface area contributed by atoms with Gasteiger partial charge in [-0.2, -0.15) is 0 Å². The number of benzene rings is 1. The van der Waals surface area contributed by atoms with Gasteiger partial charge in [-0.3, -0.25) is 0 Å². The van der Waals surface area contributed by atoms with Crippen molar-refractivity contribution in [2.75, 3.05) is 25.2 Å². The third kappa shape index (κ3) is 2.74. The Morgan fingerprint density at radius 3 is 2.90 bits per heavy atom. The first-order valence-corrected chi connectivity index (χ1v) is 8.03. The fourth-order valence-corrected chi connectivity index (χ4v) is 3.81. The average molecular weight is 290 g/mol. The molecule has 116 valence electrons. The van der Waals surface area contributed by atoms with Crippen molar-refractivity contribution in [2.24, 2.45) is 5.73 Å². The van der Waals surface area contributed by atoms with Crippen LogP contribution in [0.15, 0.2) is 18.2 Å². The van der Waals surface area contributed by atoms with Gasteiger partial charge in [-0.25, -0.2) is 0 Å². The Labute approximate surface area is 127 Å². The lowest BCUT2D eigenvalue weighted by molar-refractivity contribution is -0.00877. The van der Waals surface area contributed by atoms with Crippen LogP contribution in [0.2, 0.25) is 0 Å². The van der Waals surface area contributed by atoms with Crippen molar-refractivity contribution in [1.82, 2.24) is 0 Å². The van der Waals surface area contributed by atoms with Gasteiger partial charge in [-0.1, -0.05) is 18.9 Å². The van der Waals surface area contributed by atoms with E-state index in [-0.39, 0.29) is 6.04 Å². The van der Waals surface area contributed by atoms with Gasteiger partial charge in [0.25, 0.3) is 0 Å². The second-order valence-corrected chi connectivity index (χ2v) is 6.14. The summed E-state index contributed by atoms with van der Waals surface area (Å²) in [6.07, 6.45) is 5.34. The summed E-state index contributed by atoms with van der Waals surface area (Å²) >= 11 is 0. The lowest BCUT2D eigenvalue weighted by Crippen LogP contribution is -2.53. The summed E-state index contributed by atoms with van der Waals surface area (Å²) in [5, 5.41) is 0.